The van der Waals surface area contributed by atoms with Crippen LogP contribution in [0.25, 0.3) is 0 Å². The molecule has 0 aromatic heterocycles. The van der Waals surface area contributed by atoms with Crippen LogP contribution in [0.1, 0.15) is 31.2 Å². The van der Waals surface area contributed by atoms with Crippen LogP contribution < -0.4 is 5.73 Å². The zero-order chi connectivity index (χ0) is 10.0. The summed E-state index contributed by atoms with van der Waals surface area (Å²) >= 11 is 0. The number of hydrogen-bond donors (Lipinski definition) is 1. The van der Waals surface area contributed by atoms with Crippen molar-refractivity contribution < 1.29 is 4.74 Å². The first-order chi connectivity index (χ1) is 6.77. The second-order valence-electron chi connectivity index (χ2n) is 4.03. The quantitative estimate of drug-likeness (QED) is 0.729. The van der Waals surface area contributed by atoms with E-state index in [1.807, 2.05) is 18.2 Å². The number of benzene rings is 1. The van der Waals surface area contributed by atoms with Gasteiger partial charge in [0.05, 0.1) is 5.60 Å². The number of methoxy groups -OCH3 is 1. The van der Waals surface area contributed by atoms with Crippen LogP contribution >= 0.6 is 0 Å². The maximum absolute atomic E-state index is 5.78. The van der Waals surface area contributed by atoms with Crippen molar-refractivity contribution in [3.05, 3.63) is 29.8 Å². The Morgan fingerprint density at radius 1 is 1.29 bits per heavy atom. The second kappa shape index (κ2) is 3.62. The van der Waals surface area contributed by atoms with E-state index in [4.69, 9.17) is 10.5 Å². The van der Waals surface area contributed by atoms with Crippen LogP contribution in [0.15, 0.2) is 24.3 Å². The maximum Gasteiger partial charge on any atom is 0.0928 e. The molecular formula is C12H17NO. The SMILES string of the molecule is COC1(c2cccc(N)c2)CCCC1. The Morgan fingerprint density at radius 3 is 2.57 bits per heavy atom. The van der Waals surface area contributed by atoms with E-state index in [1.165, 1.54) is 18.4 Å². The summed E-state index contributed by atoms with van der Waals surface area (Å²) in [6, 6.07) is 8.07. The normalized spacial score (nSPS) is 19.8. The summed E-state index contributed by atoms with van der Waals surface area (Å²) in [5.74, 6) is 0. The lowest BCUT2D eigenvalue weighted by molar-refractivity contribution is -0.00865. The number of ether oxygens (including phenoxy) is 1. The van der Waals surface area contributed by atoms with Crippen molar-refractivity contribution in [2.75, 3.05) is 12.8 Å². The highest BCUT2D eigenvalue weighted by Gasteiger charge is 2.35. The average molecular weight is 191 g/mol. The Labute approximate surface area is 85.1 Å². The van der Waals surface area contributed by atoms with Crippen molar-refractivity contribution in [1.82, 2.24) is 0 Å². The third-order valence-electron chi connectivity index (χ3n) is 3.21. The van der Waals surface area contributed by atoms with Gasteiger partial charge in [0, 0.05) is 12.8 Å². The van der Waals surface area contributed by atoms with Gasteiger partial charge in [-0.1, -0.05) is 25.0 Å². The minimum Gasteiger partial charge on any atom is -0.399 e. The third-order valence-corrected chi connectivity index (χ3v) is 3.21. The van der Waals surface area contributed by atoms with Crippen LogP contribution in [0.2, 0.25) is 0 Å². The summed E-state index contributed by atoms with van der Waals surface area (Å²) in [6.07, 6.45) is 4.74. The van der Waals surface area contributed by atoms with E-state index < -0.39 is 0 Å². The lowest BCUT2D eigenvalue weighted by Gasteiger charge is -2.28. The molecule has 76 valence electrons. The number of nitrogens with two attached hydrogens (primary N) is 1. The molecule has 0 heterocycles. The Balaban J connectivity index is 2.35. The maximum atomic E-state index is 5.78. The Hall–Kier alpha value is -1.02. The summed E-state index contributed by atoms with van der Waals surface area (Å²) in [6.45, 7) is 0. The molecule has 0 spiro atoms. The molecule has 0 atom stereocenters. The highest BCUT2D eigenvalue weighted by Crippen LogP contribution is 2.41. The Kier molecular flexibility index (Phi) is 2.46. The van der Waals surface area contributed by atoms with Crippen molar-refractivity contribution in [2.45, 2.75) is 31.3 Å². The van der Waals surface area contributed by atoms with E-state index in [0.29, 0.717) is 0 Å². The van der Waals surface area contributed by atoms with E-state index in [2.05, 4.69) is 6.07 Å². The van der Waals surface area contributed by atoms with Crippen molar-refractivity contribution in [3.8, 4) is 0 Å². The Bertz CT molecular complexity index is 316. The topological polar surface area (TPSA) is 35.2 Å². The van der Waals surface area contributed by atoms with Crippen LogP contribution in [0.3, 0.4) is 0 Å². The standard InChI is InChI=1S/C12H17NO/c1-14-12(7-2-3-8-12)10-5-4-6-11(13)9-10/h4-6,9H,2-3,7-8,13H2,1H3. The first-order valence-corrected chi connectivity index (χ1v) is 5.18. The molecule has 0 amide bonds. The minimum absolute atomic E-state index is 0.0601. The third kappa shape index (κ3) is 1.50. The zero-order valence-electron chi connectivity index (χ0n) is 8.62. The summed E-state index contributed by atoms with van der Waals surface area (Å²) in [5, 5.41) is 0. The summed E-state index contributed by atoms with van der Waals surface area (Å²) < 4.78 is 5.68. The molecule has 2 heteroatoms. The second-order valence-corrected chi connectivity index (χ2v) is 4.03. The lowest BCUT2D eigenvalue weighted by Crippen LogP contribution is -2.24. The predicted octanol–water partition coefficient (Wildman–Crippen LogP) is 2.68. The van der Waals surface area contributed by atoms with Crippen molar-refractivity contribution in [1.29, 1.82) is 0 Å². The molecule has 1 aromatic carbocycles. The molecule has 0 aliphatic heterocycles. The molecule has 2 N–H and O–H groups in total. The van der Waals surface area contributed by atoms with Crippen molar-refractivity contribution >= 4 is 5.69 Å². The largest absolute Gasteiger partial charge is 0.399 e. The smallest absolute Gasteiger partial charge is 0.0928 e. The van der Waals surface area contributed by atoms with Gasteiger partial charge >= 0.3 is 0 Å². The molecule has 1 fully saturated rings. The van der Waals surface area contributed by atoms with Gasteiger partial charge in [0.25, 0.3) is 0 Å². The fourth-order valence-corrected chi connectivity index (χ4v) is 2.38. The van der Waals surface area contributed by atoms with E-state index in [9.17, 15) is 0 Å². The Morgan fingerprint density at radius 2 is 2.00 bits per heavy atom. The number of hydrogen-bond acceptors (Lipinski definition) is 2. The molecule has 0 radical (unpaired) electrons. The van der Waals surface area contributed by atoms with Crippen LogP contribution in [-0.2, 0) is 10.3 Å². The molecule has 2 nitrogen and oxygen atoms in total. The number of rotatable bonds is 2. The van der Waals surface area contributed by atoms with Gasteiger partial charge in [0.15, 0.2) is 0 Å². The van der Waals surface area contributed by atoms with Gasteiger partial charge in [-0.25, -0.2) is 0 Å². The predicted molar refractivity (Wildman–Crippen MR) is 58.0 cm³/mol. The molecule has 14 heavy (non-hydrogen) atoms. The number of nitrogen functional groups attached to an aromatic ring is 1. The lowest BCUT2D eigenvalue weighted by atomic mass is 9.91. The highest BCUT2D eigenvalue weighted by atomic mass is 16.5. The van der Waals surface area contributed by atoms with Gasteiger partial charge in [0.1, 0.15) is 0 Å². The minimum atomic E-state index is -0.0601. The van der Waals surface area contributed by atoms with Crippen LogP contribution in [0.4, 0.5) is 5.69 Å². The first kappa shape index (κ1) is 9.53. The van der Waals surface area contributed by atoms with Crippen molar-refractivity contribution in [2.24, 2.45) is 0 Å². The first-order valence-electron chi connectivity index (χ1n) is 5.18. The molecule has 1 aliphatic carbocycles. The summed E-state index contributed by atoms with van der Waals surface area (Å²) in [5.41, 5.74) is 7.78. The van der Waals surface area contributed by atoms with Crippen molar-refractivity contribution in [3.63, 3.8) is 0 Å². The van der Waals surface area contributed by atoms with E-state index in [-0.39, 0.29) is 5.60 Å². The summed E-state index contributed by atoms with van der Waals surface area (Å²) in [7, 11) is 1.80. The monoisotopic (exact) mass is 191 g/mol. The summed E-state index contributed by atoms with van der Waals surface area (Å²) in [4.78, 5) is 0. The molecule has 0 unspecified atom stereocenters. The van der Waals surface area contributed by atoms with Gasteiger partial charge in [-0.15, -0.1) is 0 Å². The highest BCUT2D eigenvalue weighted by molar-refractivity contribution is 5.43. The van der Waals surface area contributed by atoms with E-state index in [0.717, 1.165) is 18.5 Å². The van der Waals surface area contributed by atoms with Gasteiger partial charge < -0.3 is 10.5 Å². The molecule has 2 rings (SSSR count). The average Bonchev–Trinajstić information content (AvgIpc) is 2.67. The van der Waals surface area contributed by atoms with Gasteiger partial charge in [-0.3, -0.25) is 0 Å². The van der Waals surface area contributed by atoms with Crippen LogP contribution in [0, 0.1) is 0 Å². The molecule has 0 bridgehead atoms. The van der Waals surface area contributed by atoms with E-state index in [1.54, 1.807) is 7.11 Å². The van der Waals surface area contributed by atoms with Gasteiger partial charge in [-0.2, -0.15) is 0 Å². The molecule has 0 saturated heterocycles. The fraction of sp³-hybridized carbons (Fsp3) is 0.500. The van der Waals surface area contributed by atoms with Crippen LogP contribution in [-0.4, -0.2) is 7.11 Å². The number of anilines is 1. The van der Waals surface area contributed by atoms with Gasteiger partial charge in [-0.05, 0) is 30.5 Å². The molecular weight excluding hydrogens is 174 g/mol. The van der Waals surface area contributed by atoms with Gasteiger partial charge in [0.2, 0.25) is 0 Å². The van der Waals surface area contributed by atoms with E-state index >= 15 is 0 Å². The molecule has 1 saturated carbocycles. The van der Waals surface area contributed by atoms with Crippen LogP contribution in [0.5, 0.6) is 0 Å². The molecule has 1 aromatic rings. The molecule has 1 aliphatic rings. The fourth-order valence-electron chi connectivity index (χ4n) is 2.38. The zero-order valence-corrected chi connectivity index (χ0v) is 8.62.